The number of aromatic amines is 1. The Hall–Kier alpha value is -2.76. The molecule has 1 aromatic heterocycles. The minimum absolute atomic E-state index is 0.0505. The fourth-order valence-corrected chi connectivity index (χ4v) is 7.68. The van der Waals surface area contributed by atoms with Gasteiger partial charge in [0, 0.05) is 32.6 Å². The molecular weight excluding hydrogens is 448 g/mol. The van der Waals surface area contributed by atoms with Crippen LogP contribution in [0.3, 0.4) is 0 Å². The van der Waals surface area contributed by atoms with Gasteiger partial charge in [-0.2, -0.15) is 5.26 Å². The van der Waals surface area contributed by atoms with Crippen LogP contribution in [0.5, 0.6) is 0 Å². The molecule has 7 nitrogen and oxygen atoms in total. The van der Waals surface area contributed by atoms with Gasteiger partial charge in [0.25, 0.3) is 5.91 Å². The van der Waals surface area contributed by atoms with Crippen LogP contribution >= 0.6 is 0 Å². The molecule has 2 bridgehead atoms. The van der Waals surface area contributed by atoms with Gasteiger partial charge in [-0.1, -0.05) is 26.0 Å². The number of imidazole rings is 1. The average Bonchev–Trinajstić information content (AvgIpc) is 3.37. The topological polar surface area (TPSA) is 119 Å². The van der Waals surface area contributed by atoms with E-state index in [4.69, 9.17) is 5.26 Å². The maximum Gasteiger partial charge on any atom is 0.291 e. The number of amides is 1. The quantitative estimate of drug-likeness (QED) is 0.602. The number of hydrogen-bond acceptors (Lipinski definition) is 5. The Morgan fingerprint density at radius 3 is 2.65 bits per heavy atom. The van der Waals surface area contributed by atoms with Crippen molar-refractivity contribution < 1.29 is 14.1 Å². The number of aliphatic hydroxyl groups is 1. The Labute approximate surface area is 202 Å². The number of nitrogens with one attached hydrogen (secondary N) is 2. The molecule has 3 heterocycles. The first-order valence-electron chi connectivity index (χ1n) is 11.9. The fourth-order valence-electron chi connectivity index (χ4n) is 5.52. The molecule has 0 saturated carbocycles. The summed E-state index contributed by atoms with van der Waals surface area (Å²) in [6, 6.07) is 7.68. The van der Waals surface area contributed by atoms with Crippen LogP contribution in [0, 0.1) is 16.7 Å². The highest BCUT2D eigenvalue weighted by atomic mass is 32.2. The van der Waals surface area contributed by atoms with E-state index in [-0.39, 0.29) is 27.4 Å². The Kier molecular flexibility index (Phi) is 5.73. The maximum atomic E-state index is 12.8. The minimum atomic E-state index is -1.01. The number of carbonyl (C=O) groups is 1. The van der Waals surface area contributed by atoms with Crippen molar-refractivity contribution in [1.82, 2.24) is 9.97 Å². The number of H-pyrrole nitrogens is 1. The van der Waals surface area contributed by atoms with Gasteiger partial charge in [-0.15, -0.1) is 0 Å². The summed E-state index contributed by atoms with van der Waals surface area (Å²) >= 11 is 0. The predicted octanol–water partition coefficient (Wildman–Crippen LogP) is 4.39. The third-order valence-corrected chi connectivity index (χ3v) is 9.75. The van der Waals surface area contributed by atoms with Crippen molar-refractivity contribution in [2.24, 2.45) is 5.41 Å². The van der Waals surface area contributed by atoms with Crippen molar-refractivity contribution in [3.8, 4) is 6.07 Å². The van der Waals surface area contributed by atoms with Gasteiger partial charge in [-0.25, -0.2) is 4.98 Å². The van der Waals surface area contributed by atoms with Crippen LogP contribution in [0.2, 0.25) is 0 Å². The molecule has 3 aliphatic rings. The van der Waals surface area contributed by atoms with Gasteiger partial charge in [0.1, 0.15) is 11.8 Å². The molecule has 2 aliphatic heterocycles. The lowest BCUT2D eigenvalue weighted by Gasteiger charge is -2.37. The Bertz CT molecular complexity index is 1220. The zero-order valence-corrected chi connectivity index (χ0v) is 20.4. The van der Waals surface area contributed by atoms with Crippen LogP contribution < -0.4 is 5.32 Å². The normalized spacial score (nSPS) is 29.8. The zero-order chi connectivity index (χ0) is 24.1. The van der Waals surface area contributed by atoms with E-state index in [0.717, 1.165) is 48.8 Å². The number of aromatic nitrogens is 2. The van der Waals surface area contributed by atoms with E-state index in [9.17, 15) is 14.1 Å². The first-order chi connectivity index (χ1) is 16.2. The van der Waals surface area contributed by atoms with E-state index in [1.165, 1.54) is 6.20 Å². The van der Waals surface area contributed by atoms with Crippen LogP contribution in [-0.4, -0.2) is 35.7 Å². The molecule has 2 saturated heterocycles. The van der Waals surface area contributed by atoms with Crippen LogP contribution in [0.25, 0.3) is 5.57 Å². The molecule has 0 radical (unpaired) electrons. The molecule has 1 amide bonds. The Balaban J connectivity index is 1.50. The van der Waals surface area contributed by atoms with E-state index in [1.807, 2.05) is 24.3 Å². The highest BCUT2D eigenvalue weighted by Gasteiger charge is 2.48. The zero-order valence-electron chi connectivity index (χ0n) is 19.6. The number of hydrogen-bond donors (Lipinski definition) is 3. The number of fused-ring (bicyclic) bond motifs is 2. The molecule has 2 fully saturated rings. The van der Waals surface area contributed by atoms with Gasteiger partial charge >= 0.3 is 0 Å². The standard InChI is InChI=1S/C26H30N4O3S/c1-25(2)9-7-16(8-10-25)21-11-17(26(32)12-19-4-5-20(13-26)34(19)33)3-6-22(21)30-24(31)23-28-15-18(14-27)29-23/h3,6-7,11,15,19-20,32H,4-5,8-10,12-13H2,1-2H3,(H,28,29)(H,30,31). The van der Waals surface area contributed by atoms with Gasteiger partial charge in [-0.05, 0) is 73.6 Å². The number of carbonyl (C=O) groups excluding carboxylic acids is 1. The summed E-state index contributed by atoms with van der Waals surface area (Å²) in [5, 5.41) is 23.7. The van der Waals surface area contributed by atoms with Gasteiger partial charge < -0.3 is 15.4 Å². The first-order valence-corrected chi connectivity index (χ1v) is 13.2. The first kappa shape index (κ1) is 23.0. The van der Waals surface area contributed by atoms with Gasteiger partial charge in [0.15, 0.2) is 5.82 Å². The summed E-state index contributed by atoms with van der Waals surface area (Å²) in [4.78, 5) is 19.6. The summed E-state index contributed by atoms with van der Waals surface area (Å²) in [5.74, 6) is -0.340. The largest absolute Gasteiger partial charge is 0.385 e. The van der Waals surface area contributed by atoms with E-state index in [1.54, 1.807) is 0 Å². The molecular formula is C26H30N4O3S. The number of nitrogens with zero attached hydrogens (tertiary/aromatic N) is 2. The second kappa shape index (κ2) is 8.47. The van der Waals surface area contributed by atoms with E-state index in [2.05, 4.69) is 35.2 Å². The lowest BCUT2D eigenvalue weighted by atomic mass is 9.76. The molecule has 1 aliphatic carbocycles. The van der Waals surface area contributed by atoms with Crippen LogP contribution in [0.4, 0.5) is 5.69 Å². The Morgan fingerprint density at radius 1 is 1.29 bits per heavy atom. The molecule has 3 N–H and O–H groups in total. The van der Waals surface area contributed by atoms with Crippen molar-refractivity contribution in [3.05, 3.63) is 53.1 Å². The van der Waals surface area contributed by atoms with Crippen molar-refractivity contribution in [2.45, 2.75) is 74.9 Å². The molecule has 2 unspecified atom stereocenters. The van der Waals surface area contributed by atoms with E-state index < -0.39 is 22.3 Å². The molecule has 0 spiro atoms. The van der Waals surface area contributed by atoms with Crippen molar-refractivity contribution in [2.75, 3.05) is 5.32 Å². The fraction of sp³-hybridized carbons (Fsp3) is 0.500. The summed E-state index contributed by atoms with van der Waals surface area (Å²) in [5.41, 5.74) is 2.99. The summed E-state index contributed by atoms with van der Waals surface area (Å²) in [6.07, 6.45) is 9.28. The monoisotopic (exact) mass is 478 g/mol. The number of benzene rings is 1. The third kappa shape index (κ3) is 4.23. The van der Waals surface area contributed by atoms with Crippen LogP contribution in [0.1, 0.15) is 86.2 Å². The minimum Gasteiger partial charge on any atom is -0.385 e. The molecule has 178 valence electrons. The number of anilines is 1. The summed E-state index contributed by atoms with van der Waals surface area (Å²) < 4.78 is 12.5. The molecule has 5 rings (SSSR count). The van der Waals surface area contributed by atoms with Crippen molar-refractivity contribution in [3.63, 3.8) is 0 Å². The highest BCUT2D eigenvalue weighted by Crippen LogP contribution is 2.47. The smallest absolute Gasteiger partial charge is 0.291 e. The van der Waals surface area contributed by atoms with Crippen LogP contribution in [-0.2, 0) is 16.4 Å². The summed E-state index contributed by atoms with van der Waals surface area (Å²) in [6.45, 7) is 4.51. The SMILES string of the molecule is CC1(C)CC=C(c2cc(C3(O)CC4CCC(C3)S4=O)ccc2NC(=O)c2ncc(C#N)[nH]2)CC1. The van der Waals surface area contributed by atoms with Crippen molar-refractivity contribution in [1.29, 1.82) is 5.26 Å². The van der Waals surface area contributed by atoms with E-state index >= 15 is 0 Å². The second-order valence-electron chi connectivity index (χ2n) is 10.7. The molecule has 1 aromatic carbocycles. The Morgan fingerprint density at radius 2 is 2.03 bits per heavy atom. The lowest BCUT2D eigenvalue weighted by Crippen LogP contribution is -2.40. The number of rotatable bonds is 4. The molecule has 34 heavy (non-hydrogen) atoms. The van der Waals surface area contributed by atoms with Gasteiger partial charge in [0.2, 0.25) is 0 Å². The lowest BCUT2D eigenvalue weighted by molar-refractivity contribution is 0.0184. The third-order valence-electron chi connectivity index (χ3n) is 7.63. The van der Waals surface area contributed by atoms with Gasteiger partial charge in [-0.3, -0.25) is 9.00 Å². The van der Waals surface area contributed by atoms with Gasteiger partial charge in [0.05, 0.1) is 11.8 Å². The number of nitriles is 1. The number of allylic oxidation sites excluding steroid dienone is 2. The summed E-state index contributed by atoms with van der Waals surface area (Å²) in [7, 11) is -0.851. The maximum absolute atomic E-state index is 12.8. The molecule has 2 aromatic rings. The second-order valence-corrected chi connectivity index (χ2v) is 12.6. The predicted molar refractivity (Wildman–Crippen MR) is 131 cm³/mol. The van der Waals surface area contributed by atoms with E-state index in [0.29, 0.717) is 18.5 Å². The average molecular weight is 479 g/mol. The molecule has 8 heteroatoms. The molecule has 2 atom stereocenters. The van der Waals surface area contributed by atoms with Crippen molar-refractivity contribution >= 4 is 28.0 Å². The van der Waals surface area contributed by atoms with Crippen LogP contribution in [0.15, 0.2) is 30.5 Å². The highest BCUT2D eigenvalue weighted by molar-refractivity contribution is 7.86.